The van der Waals surface area contributed by atoms with Gasteiger partial charge in [0.05, 0.1) is 0 Å². The average Bonchev–Trinajstić information content (AvgIpc) is 2.25. The van der Waals surface area contributed by atoms with Gasteiger partial charge in [-0.05, 0) is 62.1 Å². The van der Waals surface area contributed by atoms with E-state index >= 15 is 0 Å². The van der Waals surface area contributed by atoms with E-state index in [0.29, 0.717) is 0 Å². The molecule has 1 aromatic carbocycles. The Balaban J connectivity index is 2.32. The minimum atomic E-state index is 0.823. The minimum Gasteiger partial charge on any atom is -0.245 e. The van der Waals surface area contributed by atoms with E-state index in [1.807, 2.05) is 25.1 Å². The number of aromatic nitrogens is 1. The van der Waals surface area contributed by atoms with E-state index < -0.39 is 0 Å². The quantitative estimate of drug-likeness (QED) is 0.621. The number of hydrogen-bond donors (Lipinski definition) is 0. The van der Waals surface area contributed by atoms with Gasteiger partial charge >= 0.3 is 0 Å². The van der Waals surface area contributed by atoms with Crippen molar-refractivity contribution in [2.24, 2.45) is 0 Å². The van der Waals surface area contributed by atoms with Crippen molar-refractivity contribution < 1.29 is 0 Å². The molecule has 0 spiro atoms. The van der Waals surface area contributed by atoms with Crippen molar-refractivity contribution in [1.82, 2.24) is 4.98 Å². The molecule has 0 N–H and O–H groups in total. The lowest BCUT2D eigenvalue weighted by Crippen LogP contribution is -1.85. The number of aryl methyl sites for hydroxylation is 3. The van der Waals surface area contributed by atoms with Gasteiger partial charge in [-0.2, -0.15) is 0 Å². The first-order valence-corrected chi connectivity index (χ1v) is 5.67. The Kier molecular flexibility index (Phi) is 3.25. The Bertz CT molecular complexity index is 580. The topological polar surface area (TPSA) is 12.9 Å². The monoisotopic (exact) mass is 221 g/mol. The highest BCUT2D eigenvalue weighted by atomic mass is 14.7. The SMILES string of the molecule is Cc1cc(C)cc(C#Cc2cccc(C)n2)c1. The van der Waals surface area contributed by atoms with Crippen molar-refractivity contribution in [3.63, 3.8) is 0 Å². The second-order valence-electron chi connectivity index (χ2n) is 4.29. The highest BCUT2D eigenvalue weighted by Gasteiger charge is 1.92. The molecule has 0 amide bonds. The molecule has 0 aliphatic rings. The van der Waals surface area contributed by atoms with Crippen molar-refractivity contribution in [2.45, 2.75) is 20.8 Å². The third kappa shape index (κ3) is 3.19. The van der Waals surface area contributed by atoms with Crippen LogP contribution < -0.4 is 0 Å². The van der Waals surface area contributed by atoms with Crippen LogP contribution in [0.3, 0.4) is 0 Å². The van der Waals surface area contributed by atoms with Crippen molar-refractivity contribution in [1.29, 1.82) is 0 Å². The second kappa shape index (κ2) is 4.84. The molecule has 0 aliphatic heterocycles. The van der Waals surface area contributed by atoms with Gasteiger partial charge in [0.2, 0.25) is 0 Å². The van der Waals surface area contributed by atoms with Crippen LogP contribution in [0.5, 0.6) is 0 Å². The summed E-state index contributed by atoms with van der Waals surface area (Å²) >= 11 is 0. The number of benzene rings is 1. The van der Waals surface area contributed by atoms with Crippen LogP contribution in [0, 0.1) is 32.6 Å². The maximum absolute atomic E-state index is 4.36. The summed E-state index contributed by atoms with van der Waals surface area (Å²) in [6.07, 6.45) is 0. The first-order valence-electron chi connectivity index (χ1n) is 5.67. The van der Waals surface area contributed by atoms with Crippen LogP contribution in [0.15, 0.2) is 36.4 Å². The number of hydrogen-bond acceptors (Lipinski definition) is 1. The Morgan fingerprint density at radius 2 is 1.59 bits per heavy atom. The van der Waals surface area contributed by atoms with Crippen molar-refractivity contribution in [3.05, 3.63) is 64.5 Å². The van der Waals surface area contributed by atoms with E-state index in [2.05, 4.69) is 48.9 Å². The molecule has 0 aliphatic carbocycles. The highest BCUT2D eigenvalue weighted by Crippen LogP contribution is 2.07. The van der Waals surface area contributed by atoms with Gasteiger partial charge in [0.25, 0.3) is 0 Å². The fourth-order valence-electron chi connectivity index (χ4n) is 1.80. The zero-order valence-corrected chi connectivity index (χ0v) is 10.4. The van der Waals surface area contributed by atoms with E-state index in [0.717, 1.165) is 17.0 Å². The molecule has 2 aromatic rings. The molecule has 1 heterocycles. The number of pyridine rings is 1. The van der Waals surface area contributed by atoms with Gasteiger partial charge in [-0.15, -0.1) is 0 Å². The lowest BCUT2D eigenvalue weighted by atomic mass is 10.1. The molecule has 1 heteroatoms. The van der Waals surface area contributed by atoms with Gasteiger partial charge in [-0.1, -0.05) is 18.1 Å². The smallest absolute Gasteiger partial charge is 0.113 e. The summed E-state index contributed by atoms with van der Waals surface area (Å²) in [5, 5.41) is 0. The minimum absolute atomic E-state index is 0.823. The molecule has 0 radical (unpaired) electrons. The van der Waals surface area contributed by atoms with E-state index in [4.69, 9.17) is 0 Å². The van der Waals surface area contributed by atoms with Crippen molar-refractivity contribution >= 4 is 0 Å². The first kappa shape index (κ1) is 11.4. The van der Waals surface area contributed by atoms with Crippen molar-refractivity contribution in [2.75, 3.05) is 0 Å². The summed E-state index contributed by atoms with van der Waals surface area (Å²) < 4.78 is 0. The summed E-state index contributed by atoms with van der Waals surface area (Å²) in [6, 6.07) is 12.2. The van der Waals surface area contributed by atoms with Gasteiger partial charge < -0.3 is 0 Å². The molecule has 84 valence electrons. The summed E-state index contributed by atoms with van der Waals surface area (Å²) in [7, 11) is 0. The Morgan fingerprint density at radius 3 is 2.24 bits per heavy atom. The van der Waals surface area contributed by atoms with Gasteiger partial charge in [0.1, 0.15) is 5.69 Å². The average molecular weight is 221 g/mol. The Hall–Kier alpha value is -2.07. The molecule has 0 bridgehead atoms. The number of rotatable bonds is 0. The lowest BCUT2D eigenvalue weighted by Gasteiger charge is -1.97. The zero-order valence-electron chi connectivity index (χ0n) is 10.4. The second-order valence-corrected chi connectivity index (χ2v) is 4.29. The van der Waals surface area contributed by atoms with E-state index in [1.165, 1.54) is 11.1 Å². The molecule has 0 saturated heterocycles. The Labute approximate surface area is 103 Å². The molecule has 1 aromatic heterocycles. The highest BCUT2D eigenvalue weighted by molar-refractivity contribution is 5.43. The van der Waals surface area contributed by atoms with Crippen LogP contribution in [0.1, 0.15) is 28.1 Å². The molecular formula is C16H15N. The third-order valence-corrected chi connectivity index (χ3v) is 2.44. The molecule has 0 atom stereocenters. The third-order valence-electron chi connectivity index (χ3n) is 2.44. The predicted molar refractivity (Wildman–Crippen MR) is 70.9 cm³/mol. The molecule has 2 rings (SSSR count). The van der Waals surface area contributed by atoms with E-state index in [9.17, 15) is 0 Å². The van der Waals surface area contributed by atoms with E-state index in [-0.39, 0.29) is 0 Å². The van der Waals surface area contributed by atoms with Crippen molar-refractivity contribution in [3.8, 4) is 11.8 Å². The van der Waals surface area contributed by atoms with Crippen LogP contribution in [0.25, 0.3) is 0 Å². The maximum atomic E-state index is 4.36. The van der Waals surface area contributed by atoms with Gasteiger partial charge in [0, 0.05) is 11.3 Å². The lowest BCUT2D eigenvalue weighted by molar-refractivity contribution is 1.18. The molecule has 17 heavy (non-hydrogen) atoms. The van der Waals surface area contributed by atoms with Gasteiger partial charge in [0.15, 0.2) is 0 Å². The van der Waals surface area contributed by atoms with Crippen LogP contribution in [-0.4, -0.2) is 4.98 Å². The molecule has 0 unspecified atom stereocenters. The maximum Gasteiger partial charge on any atom is 0.113 e. The predicted octanol–water partition coefficient (Wildman–Crippen LogP) is 3.41. The van der Waals surface area contributed by atoms with Crippen LogP contribution in [0.4, 0.5) is 0 Å². The van der Waals surface area contributed by atoms with Gasteiger partial charge in [-0.3, -0.25) is 0 Å². The summed E-state index contributed by atoms with van der Waals surface area (Å²) in [6.45, 7) is 6.15. The van der Waals surface area contributed by atoms with Crippen LogP contribution in [0.2, 0.25) is 0 Å². The van der Waals surface area contributed by atoms with Gasteiger partial charge in [-0.25, -0.2) is 4.98 Å². The zero-order chi connectivity index (χ0) is 12.3. The molecule has 1 nitrogen and oxygen atoms in total. The van der Waals surface area contributed by atoms with Crippen LogP contribution >= 0.6 is 0 Å². The van der Waals surface area contributed by atoms with E-state index in [1.54, 1.807) is 0 Å². The van der Waals surface area contributed by atoms with Crippen LogP contribution in [-0.2, 0) is 0 Å². The normalized spacial score (nSPS) is 9.59. The fraction of sp³-hybridized carbons (Fsp3) is 0.188. The number of nitrogens with zero attached hydrogens (tertiary/aromatic N) is 1. The summed E-state index contributed by atoms with van der Waals surface area (Å²) in [4.78, 5) is 4.36. The standard InChI is InChI=1S/C16H15N/c1-12-9-13(2)11-15(10-12)7-8-16-6-4-5-14(3)17-16/h4-6,9-11H,1-3H3. The largest absolute Gasteiger partial charge is 0.245 e. The fourth-order valence-corrected chi connectivity index (χ4v) is 1.80. The first-order chi connectivity index (χ1) is 8.13. The summed E-state index contributed by atoms with van der Waals surface area (Å²) in [5.74, 6) is 6.25. The summed E-state index contributed by atoms with van der Waals surface area (Å²) in [5.41, 5.74) is 5.35. The molecule has 0 fully saturated rings. The Morgan fingerprint density at radius 1 is 0.882 bits per heavy atom. The molecular weight excluding hydrogens is 206 g/mol. The molecule has 0 saturated carbocycles.